The molecule has 0 saturated carbocycles. The van der Waals surface area contributed by atoms with Crippen molar-refractivity contribution in [3.05, 3.63) is 46.4 Å². The Morgan fingerprint density at radius 1 is 1.00 bits per heavy atom. The van der Waals surface area contributed by atoms with Crippen molar-refractivity contribution in [3.63, 3.8) is 0 Å². The normalized spacial score (nSPS) is 17.4. The fourth-order valence-corrected chi connectivity index (χ4v) is 4.16. The van der Waals surface area contributed by atoms with Crippen LogP contribution in [0.4, 0.5) is 17.1 Å². The van der Waals surface area contributed by atoms with Gasteiger partial charge in [-0.05, 0) is 48.7 Å². The maximum Gasteiger partial charge on any atom is 0.142 e. The van der Waals surface area contributed by atoms with Crippen molar-refractivity contribution in [1.82, 2.24) is 5.32 Å². The van der Waals surface area contributed by atoms with Crippen LogP contribution in [-0.2, 0) is 6.42 Å². The second-order valence-corrected chi connectivity index (χ2v) is 7.54. The van der Waals surface area contributed by atoms with Gasteiger partial charge in [-0.1, -0.05) is 22.0 Å². The Kier molecular flexibility index (Phi) is 4.86. The van der Waals surface area contributed by atoms with E-state index in [1.807, 2.05) is 0 Å². The van der Waals surface area contributed by atoms with Gasteiger partial charge in [-0.3, -0.25) is 0 Å². The predicted octanol–water partition coefficient (Wildman–Crippen LogP) is 3.95. The van der Waals surface area contributed by atoms with Crippen molar-refractivity contribution < 1.29 is 4.74 Å². The molecule has 0 bridgehead atoms. The standard InChI is InChI=1S/C20H24BrN3O/c1-25-20-7-6-17(14-19(20)23-11-8-22-9-12-23)24-10-2-3-15-4-5-16(21)13-18(15)24/h4-7,13-14,22H,2-3,8-12H2,1H3. The molecule has 2 aliphatic heterocycles. The highest BCUT2D eigenvalue weighted by atomic mass is 79.9. The lowest BCUT2D eigenvalue weighted by molar-refractivity contribution is 0.413. The van der Waals surface area contributed by atoms with E-state index in [1.54, 1.807) is 7.11 Å². The van der Waals surface area contributed by atoms with E-state index >= 15 is 0 Å². The van der Waals surface area contributed by atoms with E-state index in [2.05, 4.69) is 67.4 Å². The minimum Gasteiger partial charge on any atom is -0.495 e. The summed E-state index contributed by atoms with van der Waals surface area (Å²) >= 11 is 3.63. The molecule has 2 aliphatic rings. The molecule has 132 valence electrons. The van der Waals surface area contributed by atoms with E-state index in [1.165, 1.54) is 29.0 Å². The number of hydrogen-bond donors (Lipinski definition) is 1. The van der Waals surface area contributed by atoms with Crippen LogP contribution >= 0.6 is 15.9 Å². The highest BCUT2D eigenvalue weighted by molar-refractivity contribution is 9.10. The average molecular weight is 402 g/mol. The number of nitrogens with one attached hydrogen (secondary N) is 1. The fraction of sp³-hybridized carbons (Fsp3) is 0.400. The van der Waals surface area contributed by atoms with Crippen LogP contribution < -0.4 is 19.9 Å². The molecule has 2 heterocycles. The van der Waals surface area contributed by atoms with Crippen molar-refractivity contribution in [1.29, 1.82) is 0 Å². The largest absolute Gasteiger partial charge is 0.495 e. The molecule has 0 radical (unpaired) electrons. The summed E-state index contributed by atoms with van der Waals surface area (Å²) in [6, 6.07) is 13.2. The van der Waals surface area contributed by atoms with Gasteiger partial charge in [0.2, 0.25) is 0 Å². The number of hydrogen-bond acceptors (Lipinski definition) is 4. The quantitative estimate of drug-likeness (QED) is 0.842. The highest BCUT2D eigenvalue weighted by Gasteiger charge is 2.21. The zero-order valence-electron chi connectivity index (χ0n) is 14.6. The minimum absolute atomic E-state index is 0.956. The van der Waals surface area contributed by atoms with E-state index in [4.69, 9.17) is 4.74 Å². The Morgan fingerprint density at radius 3 is 2.64 bits per heavy atom. The summed E-state index contributed by atoms with van der Waals surface area (Å²) in [5.74, 6) is 0.956. The van der Waals surface area contributed by atoms with Gasteiger partial charge in [-0.2, -0.15) is 0 Å². The van der Waals surface area contributed by atoms with Gasteiger partial charge in [0.25, 0.3) is 0 Å². The first-order valence-corrected chi connectivity index (χ1v) is 9.75. The Bertz CT molecular complexity index is 759. The van der Waals surface area contributed by atoms with Crippen molar-refractivity contribution in [2.75, 3.05) is 49.6 Å². The Balaban J connectivity index is 1.73. The molecule has 4 nitrogen and oxygen atoms in total. The molecule has 0 amide bonds. The Morgan fingerprint density at radius 2 is 1.84 bits per heavy atom. The summed E-state index contributed by atoms with van der Waals surface area (Å²) in [4.78, 5) is 4.86. The summed E-state index contributed by atoms with van der Waals surface area (Å²) in [6.45, 7) is 5.13. The van der Waals surface area contributed by atoms with Gasteiger partial charge in [-0.15, -0.1) is 0 Å². The number of halogens is 1. The third-order valence-corrected chi connectivity index (χ3v) is 5.59. The summed E-state index contributed by atoms with van der Waals surface area (Å²) in [5, 5.41) is 3.42. The lowest BCUT2D eigenvalue weighted by atomic mass is 10.0. The zero-order chi connectivity index (χ0) is 17.2. The van der Waals surface area contributed by atoms with Crippen LogP contribution in [0.5, 0.6) is 5.75 Å². The van der Waals surface area contributed by atoms with Crippen LogP contribution in [0.15, 0.2) is 40.9 Å². The van der Waals surface area contributed by atoms with E-state index in [9.17, 15) is 0 Å². The van der Waals surface area contributed by atoms with Crippen LogP contribution in [0.25, 0.3) is 0 Å². The molecule has 0 aliphatic carbocycles. The van der Waals surface area contributed by atoms with Gasteiger partial charge in [0.1, 0.15) is 5.75 Å². The number of ether oxygens (including phenoxy) is 1. The summed E-state index contributed by atoms with van der Waals surface area (Å²) in [5.41, 5.74) is 5.18. The number of piperazine rings is 1. The molecule has 0 atom stereocenters. The zero-order valence-corrected chi connectivity index (χ0v) is 16.2. The summed E-state index contributed by atoms with van der Waals surface area (Å²) in [7, 11) is 1.76. The van der Waals surface area contributed by atoms with Crippen LogP contribution in [0, 0.1) is 0 Å². The first kappa shape index (κ1) is 16.7. The lowest BCUT2D eigenvalue weighted by Crippen LogP contribution is -2.43. The molecular formula is C20H24BrN3O. The second-order valence-electron chi connectivity index (χ2n) is 6.62. The summed E-state index contributed by atoms with van der Waals surface area (Å²) in [6.07, 6.45) is 2.34. The monoisotopic (exact) mass is 401 g/mol. The van der Waals surface area contributed by atoms with Gasteiger partial charge in [0, 0.05) is 48.6 Å². The Hall–Kier alpha value is -1.72. The Labute approximate surface area is 157 Å². The van der Waals surface area contributed by atoms with Gasteiger partial charge in [0.05, 0.1) is 12.8 Å². The second kappa shape index (κ2) is 7.26. The molecule has 0 spiro atoms. The van der Waals surface area contributed by atoms with E-state index in [0.717, 1.165) is 49.4 Å². The van der Waals surface area contributed by atoms with Gasteiger partial charge >= 0.3 is 0 Å². The molecule has 0 aromatic heterocycles. The average Bonchev–Trinajstić information content (AvgIpc) is 2.67. The van der Waals surface area contributed by atoms with E-state index < -0.39 is 0 Å². The fourth-order valence-electron chi connectivity index (χ4n) is 3.82. The molecular weight excluding hydrogens is 378 g/mol. The van der Waals surface area contributed by atoms with Gasteiger partial charge in [0.15, 0.2) is 0 Å². The number of benzene rings is 2. The van der Waals surface area contributed by atoms with Crippen LogP contribution in [0.2, 0.25) is 0 Å². The first-order valence-electron chi connectivity index (χ1n) is 8.96. The smallest absolute Gasteiger partial charge is 0.142 e. The van der Waals surface area contributed by atoms with Crippen molar-refractivity contribution in [3.8, 4) is 5.75 Å². The lowest BCUT2D eigenvalue weighted by Gasteiger charge is -2.34. The number of nitrogens with zero attached hydrogens (tertiary/aromatic N) is 2. The van der Waals surface area contributed by atoms with Crippen LogP contribution in [-0.4, -0.2) is 39.8 Å². The third kappa shape index (κ3) is 3.35. The van der Waals surface area contributed by atoms with E-state index in [-0.39, 0.29) is 0 Å². The molecule has 2 aromatic carbocycles. The molecule has 1 saturated heterocycles. The number of fused-ring (bicyclic) bond motifs is 1. The predicted molar refractivity (Wildman–Crippen MR) is 108 cm³/mol. The highest BCUT2D eigenvalue weighted by Crippen LogP contribution is 2.39. The maximum absolute atomic E-state index is 5.64. The van der Waals surface area contributed by atoms with Crippen LogP contribution in [0.3, 0.4) is 0 Å². The van der Waals surface area contributed by atoms with Crippen LogP contribution in [0.1, 0.15) is 12.0 Å². The molecule has 1 N–H and O–H groups in total. The molecule has 0 unspecified atom stereocenters. The number of rotatable bonds is 3. The van der Waals surface area contributed by atoms with Gasteiger partial charge < -0.3 is 19.9 Å². The number of methoxy groups -OCH3 is 1. The number of anilines is 3. The van der Waals surface area contributed by atoms with Crippen molar-refractivity contribution >= 4 is 33.0 Å². The van der Waals surface area contributed by atoms with E-state index in [0.29, 0.717) is 0 Å². The molecule has 1 fully saturated rings. The SMILES string of the molecule is COc1ccc(N2CCCc3ccc(Br)cc32)cc1N1CCNCC1. The van der Waals surface area contributed by atoms with Gasteiger partial charge in [-0.25, -0.2) is 0 Å². The minimum atomic E-state index is 0.956. The van der Waals surface area contributed by atoms with Crippen molar-refractivity contribution in [2.45, 2.75) is 12.8 Å². The van der Waals surface area contributed by atoms with Crippen molar-refractivity contribution in [2.24, 2.45) is 0 Å². The molecule has 4 rings (SSSR count). The maximum atomic E-state index is 5.64. The molecule has 2 aromatic rings. The summed E-state index contributed by atoms with van der Waals surface area (Å²) < 4.78 is 6.77. The molecule has 25 heavy (non-hydrogen) atoms. The first-order chi connectivity index (χ1) is 12.3. The molecule has 5 heteroatoms. The third-order valence-electron chi connectivity index (χ3n) is 5.10. The topological polar surface area (TPSA) is 27.7 Å². The number of aryl methyl sites for hydroxylation is 1.